The average molecular weight is 520 g/mol. The maximum atomic E-state index is 11.4. The van der Waals surface area contributed by atoms with Gasteiger partial charge in [0, 0.05) is 6.92 Å². The molecule has 0 aromatic heterocycles. The smallest absolute Gasteiger partial charge is 0.329 e. The number of esters is 1. The third-order valence-corrected chi connectivity index (χ3v) is 7.06. The minimum atomic E-state index is -1.91. The first-order valence-corrected chi connectivity index (χ1v) is 15.7. The van der Waals surface area contributed by atoms with E-state index in [0.717, 1.165) is 38.6 Å². The molecule has 0 aromatic rings. The van der Waals surface area contributed by atoms with Crippen molar-refractivity contribution in [3.05, 3.63) is 0 Å². The Morgan fingerprint density at radius 3 is 1.69 bits per heavy atom. The number of hydrogen-bond acceptors (Lipinski definition) is 6. The summed E-state index contributed by atoms with van der Waals surface area (Å²) < 4.78 is 16.1. The lowest BCUT2D eigenvalue weighted by Gasteiger charge is -2.18. The van der Waals surface area contributed by atoms with E-state index in [0.29, 0.717) is 6.61 Å². The van der Waals surface area contributed by atoms with Crippen LogP contribution < -0.4 is 0 Å². The number of rotatable bonds is 27. The van der Waals surface area contributed by atoms with Crippen LogP contribution in [0.1, 0.15) is 136 Å². The summed E-state index contributed by atoms with van der Waals surface area (Å²) in [6.07, 6.45) is 23.8. The number of unbranched alkanes of at least 4 members (excludes halogenated alkanes) is 16. The van der Waals surface area contributed by atoms with Gasteiger partial charge < -0.3 is 23.6 Å². The van der Waals surface area contributed by atoms with Crippen molar-refractivity contribution in [1.29, 1.82) is 0 Å². The van der Waals surface area contributed by atoms with E-state index in [1.165, 1.54) is 96.8 Å². The standard InChI is InChI=1S/C28H58NO5P/c1-5-6-7-8-9-10-11-12-13-14-15-16-17-18-19-20-23-28(34-27(2)30)26-33-35(31)32-25-22-21-24-29(3)4/h28,31H,5-26H2,1-4H3. The van der Waals surface area contributed by atoms with Crippen molar-refractivity contribution < 1.29 is 23.5 Å². The molecule has 0 aromatic carbocycles. The van der Waals surface area contributed by atoms with E-state index >= 15 is 0 Å². The van der Waals surface area contributed by atoms with Crippen LogP contribution in [0.2, 0.25) is 0 Å². The molecule has 0 fully saturated rings. The van der Waals surface area contributed by atoms with Crippen molar-refractivity contribution >= 4 is 14.6 Å². The summed E-state index contributed by atoms with van der Waals surface area (Å²) in [6, 6.07) is 0. The summed E-state index contributed by atoms with van der Waals surface area (Å²) in [5.41, 5.74) is 0. The van der Waals surface area contributed by atoms with E-state index in [9.17, 15) is 9.69 Å². The topological polar surface area (TPSA) is 68.2 Å². The first-order chi connectivity index (χ1) is 17.0. The predicted octanol–water partition coefficient (Wildman–Crippen LogP) is 8.16. The zero-order valence-electron chi connectivity index (χ0n) is 23.6. The zero-order chi connectivity index (χ0) is 26.0. The first kappa shape index (κ1) is 34.7. The van der Waals surface area contributed by atoms with Crippen LogP contribution >= 0.6 is 8.60 Å². The van der Waals surface area contributed by atoms with Gasteiger partial charge in [-0.3, -0.25) is 4.79 Å². The number of nitrogens with zero attached hydrogens (tertiary/aromatic N) is 1. The summed E-state index contributed by atoms with van der Waals surface area (Å²) in [5.74, 6) is -0.304. The fraction of sp³-hybridized carbons (Fsp3) is 0.964. The molecule has 0 amide bonds. The van der Waals surface area contributed by atoms with Gasteiger partial charge in [-0.05, 0) is 46.3 Å². The van der Waals surface area contributed by atoms with E-state index in [4.69, 9.17) is 13.8 Å². The molecule has 1 N–H and O–H groups in total. The van der Waals surface area contributed by atoms with Crippen molar-refractivity contribution in [2.75, 3.05) is 33.9 Å². The van der Waals surface area contributed by atoms with E-state index in [1.54, 1.807) is 0 Å². The Labute approximate surface area is 218 Å². The molecular weight excluding hydrogens is 461 g/mol. The molecule has 0 heterocycles. The molecule has 35 heavy (non-hydrogen) atoms. The average Bonchev–Trinajstić information content (AvgIpc) is 2.81. The third-order valence-electron chi connectivity index (χ3n) is 6.28. The minimum absolute atomic E-state index is 0.193. The molecule has 7 heteroatoms. The number of carbonyl (C=O) groups excluding carboxylic acids is 1. The fourth-order valence-corrected chi connectivity index (χ4v) is 4.84. The predicted molar refractivity (Wildman–Crippen MR) is 149 cm³/mol. The largest absolute Gasteiger partial charge is 0.460 e. The first-order valence-electron chi connectivity index (χ1n) is 14.5. The van der Waals surface area contributed by atoms with Crippen LogP contribution in [0.15, 0.2) is 0 Å². The monoisotopic (exact) mass is 519 g/mol. The van der Waals surface area contributed by atoms with Crippen LogP contribution in [0.4, 0.5) is 0 Å². The molecule has 0 aliphatic heterocycles. The van der Waals surface area contributed by atoms with Gasteiger partial charge in [-0.25, -0.2) is 0 Å². The molecule has 2 unspecified atom stereocenters. The molecule has 0 bridgehead atoms. The van der Waals surface area contributed by atoms with Gasteiger partial charge in [0.25, 0.3) is 0 Å². The van der Waals surface area contributed by atoms with Gasteiger partial charge in [0.2, 0.25) is 0 Å². The summed E-state index contributed by atoms with van der Waals surface area (Å²) >= 11 is 0. The Morgan fingerprint density at radius 1 is 0.743 bits per heavy atom. The molecule has 0 aliphatic carbocycles. The Bertz CT molecular complexity index is 453. The normalized spacial score (nSPS) is 13.3. The minimum Gasteiger partial charge on any atom is -0.460 e. The van der Waals surface area contributed by atoms with Crippen molar-refractivity contribution in [2.24, 2.45) is 0 Å². The molecule has 0 spiro atoms. The molecule has 2 atom stereocenters. The maximum Gasteiger partial charge on any atom is 0.329 e. The molecule has 210 valence electrons. The van der Waals surface area contributed by atoms with E-state index in [1.807, 2.05) is 14.1 Å². The number of ether oxygens (including phenoxy) is 1. The van der Waals surface area contributed by atoms with Crippen molar-refractivity contribution in [1.82, 2.24) is 4.90 Å². The van der Waals surface area contributed by atoms with Crippen LogP contribution in [0.25, 0.3) is 0 Å². The highest BCUT2D eigenvalue weighted by molar-refractivity contribution is 7.40. The molecular formula is C28H58NO5P. The lowest BCUT2D eigenvalue weighted by atomic mass is 10.0. The van der Waals surface area contributed by atoms with Gasteiger partial charge >= 0.3 is 14.6 Å². The van der Waals surface area contributed by atoms with E-state index in [2.05, 4.69) is 11.8 Å². The summed E-state index contributed by atoms with van der Waals surface area (Å²) in [5, 5.41) is 0. The highest BCUT2D eigenvalue weighted by atomic mass is 31.2. The second-order valence-electron chi connectivity index (χ2n) is 10.2. The molecule has 0 saturated heterocycles. The van der Waals surface area contributed by atoms with Crippen molar-refractivity contribution in [3.8, 4) is 0 Å². The van der Waals surface area contributed by atoms with E-state index < -0.39 is 8.60 Å². The SMILES string of the molecule is CCCCCCCCCCCCCCCCCCC(COP(O)OCCCCN(C)C)OC(C)=O. The molecule has 0 rings (SSSR count). The van der Waals surface area contributed by atoms with Crippen LogP contribution in [0, 0.1) is 0 Å². The summed E-state index contributed by atoms with van der Waals surface area (Å²) in [7, 11) is 2.16. The van der Waals surface area contributed by atoms with Gasteiger partial charge in [0.15, 0.2) is 0 Å². The quantitative estimate of drug-likeness (QED) is 0.0671. The third kappa shape index (κ3) is 28.2. The number of hydrogen-bond donors (Lipinski definition) is 1. The lowest BCUT2D eigenvalue weighted by Crippen LogP contribution is -2.21. The highest BCUT2D eigenvalue weighted by Crippen LogP contribution is 2.33. The molecule has 6 nitrogen and oxygen atoms in total. The van der Waals surface area contributed by atoms with Crippen molar-refractivity contribution in [2.45, 2.75) is 142 Å². The van der Waals surface area contributed by atoms with Gasteiger partial charge in [-0.2, -0.15) is 0 Å². The lowest BCUT2D eigenvalue weighted by molar-refractivity contribution is -0.148. The van der Waals surface area contributed by atoms with Crippen LogP contribution in [-0.2, 0) is 18.6 Å². The highest BCUT2D eigenvalue weighted by Gasteiger charge is 2.16. The van der Waals surface area contributed by atoms with Gasteiger partial charge in [0.1, 0.15) is 6.10 Å². The van der Waals surface area contributed by atoms with Gasteiger partial charge in [-0.15, -0.1) is 0 Å². The summed E-state index contributed by atoms with van der Waals surface area (Å²) in [4.78, 5) is 23.4. The van der Waals surface area contributed by atoms with Crippen LogP contribution in [-0.4, -0.2) is 55.7 Å². The Kier molecular flexibility index (Phi) is 26.6. The van der Waals surface area contributed by atoms with Crippen LogP contribution in [0.5, 0.6) is 0 Å². The maximum absolute atomic E-state index is 11.4. The Hall–Kier alpha value is -0.260. The van der Waals surface area contributed by atoms with E-state index in [-0.39, 0.29) is 18.7 Å². The van der Waals surface area contributed by atoms with Gasteiger partial charge in [-0.1, -0.05) is 103 Å². The number of carbonyl (C=O) groups is 1. The summed E-state index contributed by atoms with van der Waals surface area (Å²) in [6.45, 7) is 5.37. The van der Waals surface area contributed by atoms with Crippen LogP contribution in [0.3, 0.4) is 0 Å². The Morgan fingerprint density at radius 2 is 1.23 bits per heavy atom. The molecule has 0 radical (unpaired) electrons. The second kappa shape index (κ2) is 26.8. The Balaban J connectivity index is 3.61. The van der Waals surface area contributed by atoms with Crippen molar-refractivity contribution in [3.63, 3.8) is 0 Å². The fourth-order valence-electron chi connectivity index (χ4n) is 4.19. The second-order valence-corrected chi connectivity index (χ2v) is 11.2. The molecule has 0 saturated carbocycles. The zero-order valence-corrected chi connectivity index (χ0v) is 24.5. The van der Waals surface area contributed by atoms with Gasteiger partial charge in [0.05, 0.1) is 13.2 Å². The molecule has 0 aliphatic rings.